The monoisotopic (exact) mass is 594 g/mol. The van der Waals surface area contributed by atoms with Crippen LogP contribution in [0.5, 0.6) is 5.75 Å². The van der Waals surface area contributed by atoms with Crippen LogP contribution in [0.2, 0.25) is 0 Å². The molecular weight excluding hydrogens is 569 g/mol. The molecule has 0 N–H and O–H groups in total. The van der Waals surface area contributed by atoms with E-state index in [4.69, 9.17) is 16.0 Å². The maximum Gasteiger partial charge on any atom is 0.342 e. The number of alkyl halides is 4. The fourth-order valence-corrected chi connectivity index (χ4v) is 6.08. The molecule has 1 amide bonds. The molecule has 216 valence electrons. The Morgan fingerprint density at radius 3 is 2.68 bits per heavy atom. The number of hydrogen-bond donors (Lipinski definition) is 0. The molecule has 0 aliphatic carbocycles. The van der Waals surface area contributed by atoms with E-state index < -0.39 is 48.6 Å². The van der Waals surface area contributed by atoms with Crippen LogP contribution in [0.25, 0.3) is 0 Å². The smallest absolute Gasteiger partial charge is 0.342 e. The topological polar surface area (TPSA) is 78.6 Å². The number of aromatic nitrogens is 3. The van der Waals surface area contributed by atoms with Crippen molar-refractivity contribution in [3.63, 3.8) is 0 Å². The average Bonchev–Trinajstić information content (AvgIpc) is 3.72. The number of likely N-dealkylation sites (tertiary alicyclic amines) is 1. The molecule has 0 radical (unpaired) electrons. The van der Waals surface area contributed by atoms with Crippen LogP contribution in [0.15, 0.2) is 34.8 Å². The van der Waals surface area contributed by atoms with E-state index in [1.165, 1.54) is 29.5 Å². The van der Waals surface area contributed by atoms with Crippen molar-refractivity contribution in [2.75, 3.05) is 19.7 Å². The number of nitrogens with zero attached hydrogens (tertiary/aromatic N) is 5. The van der Waals surface area contributed by atoms with Gasteiger partial charge < -0.3 is 9.57 Å². The molecule has 2 aromatic heterocycles. The van der Waals surface area contributed by atoms with Crippen molar-refractivity contribution in [1.29, 1.82) is 0 Å². The number of hydrogen-bond acceptors (Lipinski definition) is 7. The van der Waals surface area contributed by atoms with Gasteiger partial charge in [0.05, 0.1) is 13.1 Å². The van der Waals surface area contributed by atoms with E-state index in [0.717, 1.165) is 6.42 Å². The van der Waals surface area contributed by atoms with Crippen LogP contribution in [-0.4, -0.2) is 46.1 Å². The Morgan fingerprint density at radius 1 is 1.20 bits per heavy atom. The van der Waals surface area contributed by atoms with Gasteiger partial charge in [-0.25, -0.2) is 35.9 Å². The number of amides is 1. The summed E-state index contributed by atoms with van der Waals surface area (Å²) in [5.74, 6) is 1.77. The fraction of sp³-hybridized carbons (Fsp3) is 0.407. The number of quaternary nitrogens is 1. The van der Waals surface area contributed by atoms with E-state index in [-0.39, 0.29) is 17.5 Å². The number of ether oxygens (including phenoxy) is 1. The minimum atomic E-state index is -3.08. The second kappa shape index (κ2) is 12.0. The predicted molar refractivity (Wildman–Crippen MR) is 140 cm³/mol. The molecule has 1 atom stereocenters. The molecule has 1 fully saturated rings. The lowest BCUT2D eigenvalue weighted by atomic mass is 10.0. The maximum absolute atomic E-state index is 14.0. The number of terminal acetylenes is 1. The van der Waals surface area contributed by atoms with Gasteiger partial charge in [0.2, 0.25) is 0 Å². The van der Waals surface area contributed by atoms with Crippen molar-refractivity contribution < 1.29 is 36.3 Å². The molecule has 41 heavy (non-hydrogen) atoms. The summed E-state index contributed by atoms with van der Waals surface area (Å²) in [7, 11) is 0. The molecule has 0 spiro atoms. The normalized spacial score (nSPS) is 18.3. The number of halogens is 5. The Labute approximate surface area is 236 Å². The zero-order chi connectivity index (χ0) is 29.1. The zero-order valence-corrected chi connectivity index (χ0v) is 22.4. The lowest BCUT2D eigenvalue weighted by Gasteiger charge is -2.36. The Kier molecular flexibility index (Phi) is 8.37. The number of thiazole rings is 1. The van der Waals surface area contributed by atoms with Crippen LogP contribution in [-0.2, 0) is 16.2 Å². The first-order valence-corrected chi connectivity index (χ1v) is 13.7. The van der Waals surface area contributed by atoms with Crippen LogP contribution in [0.3, 0.4) is 0 Å². The van der Waals surface area contributed by atoms with Crippen molar-refractivity contribution in [2.45, 2.75) is 51.2 Å². The molecule has 3 aromatic rings. The van der Waals surface area contributed by atoms with E-state index in [9.17, 15) is 26.7 Å². The Bertz CT molecular complexity index is 1490. The van der Waals surface area contributed by atoms with Gasteiger partial charge in [0, 0.05) is 17.4 Å². The van der Waals surface area contributed by atoms with Gasteiger partial charge in [-0.05, 0) is 43.5 Å². The minimum Gasteiger partial charge on any atom is -0.481 e. The highest BCUT2D eigenvalue weighted by Gasteiger charge is 2.44. The molecular formula is C27H25F5N5O3S+. The van der Waals surface area contributed by atoms with Gasteiger partial charge >= 0.3 is 5.91 Å². The number of carbonyl (C=O) groups is 1. The molecule has 1 saturated heterocycles. The predicted octanol–water partition coefficient (Wildman–Crippen LogP) is 5.95. The molecule has 0 bridgehead atoms. The summed E-state index contributed by atoms with van der Waals surface area (Å²) in [5.41, 5.74) is -0.189. The van der Waals surface area contributed by atoms with Crippen molar-refractivity contribution in [2.24, 2.45) is 5.16 Å². The first-order valence-electron chi connectivity index (χ1n) is 12.8. The van der Waals surface area contributed by atoms with E-state index in [1.54, 1.807) is 5.38 Å². The molecule has 2 aliphatic rings. The van der Waals surface area contributed by atoms with Crippen LogP contribution >= 0.6 is 11.3 Å². The van der Waals surface area contributed by atoms with E-state index in [0.29, 0.717) is 64.5 Å². The van der Waals surface area contributed by atoms with Gasteiger partial charge in [-0.15, -0.1) is 6.42 Å². The molecule has 2 aliphatic heterocycles. The van der Waals surface area contributed by atoms with Gasteiger partial charge in [-0.3, -0.25) is 0 Å². The zero-order valence-electron chi connectivity index (χ0n) is 21.6. The van der Waals surface area contributed by atoms with Crippen molar-refractivity contribution in [3.8, 4) is 18.1 Å². The number of oxime groups is 1. The highest BCUT2D eigenvalue weighted by Crippen LogP contribution is 2.38. The van der Waals surface area contributed by atoms with Gasteiger partial charge in [-0.1, -0.05) is 22.4 Å². The van der Waals surface area contributed by atoms with Gasteiger partial charge in [0.15, 0.2) is 12.6 Å². The summed E-state index contributed by atoms with van der Waals surface area (Å²) in [6.07, 6.45) is 1.00. The third-order valence-corrected chi connectivity index (χ3v) is 8.06. The minimum absolute atomic E-state index is 0.0106. The first kappa shape index (κ1) is 28.7. The summed E-state index contributed by atoms with van der Waals surface area (Å²) in [4.78, 5) is 24.0. The third-order valence-electron chi connectivity index (χ3n) is 7.07. The van der Waals surface area contributed by atoms with E-state index in [1.807, 2.05) is 0 Å². The van der Waals surface area contributed by atoms with E-state index in [2.05, 4.69) is 21.2 Å². The van der Waals surface area contributed by atoms with Crippen LogP contribution in [0, 0.1) is 18.2 Å². The van der Waals surface area contributed by atoms with Crippen molar-refractivity contribution in [1.82, 2.24) is 19.2 Å². The second-order valence-electron chi connectivity index (χ2n) is 9.65. The first-order chi connectivity index (χ1) is 19.7. The lowest BCUT2D eigenvalue weighted by Crippen LogP contribution is -2.58. The quantitative estimate of drug-likeness (QED) is 0.174. The highest BCUT2D eigenvalue weighted by molar-refractivity contribution is 7.13. The maximum atomic E-state index is 14.0. The van der Waals surface area contributed by atoms with E-state index >= 15 is 0 Å². The van der Waals surface area contributed by atoms with Crippen LogP contribution in [0.4, 0.5) is 27.1 Å². The summed E-state index contributed by atoms with van der Waals surface area (Å²) in [6.45, 7) is 0.143. The molecule has 0 saturated carbocycles. The number of piperidine rings is 1. The molecule has 1 unspecified atom stereocenters. The summed E-state index contributed by atoms with van der Waals surface area (Å²) in [5, 5.41) is 9.87. The standard InChI is InChI=1S/C27H25F5N5O3S/c1-2-10-39-22-7-6-16(28)11-17(22)23-13-18(35-40-23)20-15-41-27(33-20)37(8-4-3-5-9-37)24(38)14-36-21(26(31)32)12-19(34-36)25(29)30/h1,6-7,11-12,15,23,25-26H,3-5,8-10,13-14H2/q+1. The number of rotatable bonds is 9. The third kappa shape index (κ3) is 5.82. The molecule has 14 heteroatoms. The van der Waals surface area contributed by atoms with Crippen molar-refractivity contribution >= 4 is 28.1 Å². The van der Waals surface area contributed by atoms with Gasteiger partial charge in [0.1, 0.15) is 41.0 Å². The van der Waals surface area contributed by atoms with Crippen LogP contribution in [0.1, 0.15) is 67.3 Å². The van der Waals surface area contributed by atoms with Crippen LogP contribution < -0.4 is 9.22 Å². The van der Waals surface area contributed by atoms with Crippen molar-refractivity contribution in [3.05, 3.63) is 58.1 Å². The summed E-state index contributed by atoms with van der Waals surface area (Å²) in [6, 6.07) is 4.63. The highest BCUT2D eigenvalue weighted by atomic mass is 32.1. The number of benzene rings is 1. The SMILES string of the molecule is C#CCOc1ccc(F)cc1C1CC(c2csc([N+]3(C(=O)Cn4nc(C(F)F)cc4C(F)F)CCCCC3)n2)=NO1. The molecule has 8 nitrogen and oxygen atoms in total. The average molecular weight is 595 g/mol. The fourth-order valence-electron chi connectivity index (χ4n) is 5.03. The largest absolute Gasteiger partial charge is 0.481 e. The summed E-state index contributed by atoms with van der Waals surface area (Å²) < 4.78 is 73.4. The molecule has 5 rings (SSSR count). The molecule has 1 aromatic carbocycles. The number of carbonyl (C=O) groups excluding carboxylic acids is 1. The Hall–Kier alpha value is -3.83. The Morgan fingerprint density at radius 2 is 1.98 bits per heavy atom. The Balaban J connectivity index is 1.38. The summed E-state index contributed by atoms with van der Waals surface area (Å²) >= 11 is 1.21. The second-order valence-corrected chi connectivity index (χ2v) is 10.5. The van der Waals surface area contributed by atoms with Gasteiger partial charge in [0.25, 0.3) is 18.0 Å². The molecule has 4 heterocycles. The lowest BCUT2D eigenvalue weighted by molar-refractivity contribution is -0.132. The van der Waals surface area contributed by atoms with Gasteiger partial charge in [-0.2, -0.15) is 10.1 Å².